The first-order chi connectivity index (χ1) is 13.6. The number of aromatic nitrogens is 2. The van der Waals surface area contributed by atoms with Crippen molar-refractivity contribution in [3.8, 4) is 5.69 Å². The summed E-state index contributed by atoms with van der Waals surface area (Å²) in [6.07, 6.45) is 6.09. The zero-order chi connectivity index (χ0) is 20.4. The van der Waals surface area contributed by atoms with E-state index in [-0.39, 0.29) is 24.5 Å². The van der Waals surface area contributed by atoms with Crippen LogP contribution in [0.15, 0.2) is 30.3 Å². The average molecular weight is 386 g/mol. The number of unbranched alkanes of at least 4 members (excludes halogenated alkanes) is 4. The summed E-state index contributed by atoms with van der Waals surface area (Å²) in [4.78, 5) is 25.4. The van der Waals surface area contributed by atoms with E-state index in [1.165, 1.54) is 17.5 Å². The number of carbonyl (C=O) groups is 2. The molecule has 0 saturated heterocycles. The number of benzene rings is 1. The van der Waals surface area contributed by atoms with Crippen molar-refractivity contribution in [3.63, 3.8) is 0 Å². The van der Waals surface area contributed by atoms with Gasteiger partial charge in [0.15, 0.2) is 5.69 Å². The Balaban J connectivity index is 2.47. The van der Waals surface area contributed by atoms with Crippen LogP contribution in [-0.2, 0) is 15.9 Å². The third-order valence-electron chi connectivity index (χ3n) is 4.42. The minimum Gasteiger partial charge on any atom is -0.462 e. The molecular formula is C22H30N2O4. The van der Waals surface area contributed by atoms with Gasteiger partial charge in [-0.2, -0.15) is 5.10 Å². The summed E-state index contributed by atoms with van der Waals surface area (Å²) in [6, 6.07) is 9.30. The molecule has 0 bridgehead atoms. The Morgan fingerprint density at radius 1 is 0.893 bits per heavy atom. The van der Waals surface area contributed by atoms with E-state index in [0.717, 1.165) is 19.3 Å². The van der Waals surface area contributed by atoms with E-state index in [2.05, 4.69) is 12.0 Å². The van der Waals surface area contributed by atoms with Gasteiger partial charge in [-0.3, -0.25) is 0 Å². The number of aryl methyl sites for hydroxylation is 1. The molecule has 0 aliphatic rings. The third-order valence-corrected chi connectivity index (χ3v) is 4.42. The summed E-state index contributed by atoms with van der Waals surface area (Å²) in [5.41, 5.74) is 1.64. The maximum Gasteiger partial charge on any atom is 0.357 e. The molecule has 0 aliphatic heterocycles. The number of hydrogen-bond donors (Lipinski definition) is 0. The summed E-state index contributed by atoms with van der Waals surface area (Å²) >= 11 is 0. The lowest BCUT2D eigenvalue weighted by Crippen LogP contribution is -2.17. The largest absolute Gasteiger partial charge is 0.462 e. The van der Waals surface area contributed by atoms with Crippen molar-refractivity contribution in [1.29, 1.82) is 0 Å². The number of nitrogens with zero attached hydrogens (tertiary/aromatic N) is 2. The molecule has 0 amide bonds. The number of ether oxygens (including phenoxy) is 2. The highest BCUT2D eigenvalue weighted by atomic mass is 16.5. The van der Waals surface area contributed by atoms with Crippen molar-refractivity contribution < 1.29 is 19.1 Å². The predicted molar refractivity (Wildman–Crippen MR) is 108 cm³/mol. The standard InChI is InChI=1S/C22H30N2O4/c1-4-7-8-9-13-16-18-19(21(25)27-5-2)20(22(26)28-6-3)24(23-18)17-14-11-10-12-15-17/h10-12,14-15H,4-9,13,16H2,1-3H3. The van der Waals surface area contributed by atoms with Crippen LogP contribution in [0.3, 0.4) is 0 Å². The van der Waals surface area contributed by atoms with Crippen LogP contribution in [0, 0.1) is 0 Å². The van der Waals surface area contributed by atoms with E-state index in [1.807, 2.05) is 30.3 Å². The molecule has 6 nitrogen and oxygen atoms in total. The van der Waals surface area contributed by atoms with Gasteiger partial charge in [0.05, 0.1) is 24.6 Å². The van der Waals surface area contributed by atoms with Crippen molar-refractivity contribution in [2.45, 2.75) is 59.3 Å². The molecule has 0 unspecified atom stereocenters. The van der Waals surface area contributed by atoms with Gasteiger partial charge in [0.25, 0.3) is 0 Å². The SMILES string of the molecule is CCCCCCCc1nn(-c2ccccc2)c(C(=O)OCC)c1C(=O)OCC. The van der Waals surface area contributed by atoms with Crippen LogP contribution in [-0.4, -0.2) is 34.9 Å². The van der Waals surface area contributed by atoms with Crippen molar-refractivity contribution in [1.82, 2.24) is 9.78 Å². The lowest BCUT2D eigenvalue weighted by Gasteiger charge is -2.08. The number of esters is 2. The van der Waals surface area contributed by atoms with Gasteiger partial charge in [-0.25, -0.2) is 14.3 Å². The van der Waals surface area contributed by atoms with Gasteiger partial charge in [0, 0.05) is 0 Å². The minimum atomic E-state index is -0.570. The van der Waals surface area contributed by atoms with Crippen molar-refractivity contribution in [2.24, 2.45) is 0 Å². The van der Waals surface area contributed by atoms with Gasteiger partial charge in [0.1, 0.15) is 5.56 Å². The van der Waals surface area contributed by atoms with Gasteiger partial charge in [0.2, 0.25) is 0 Å². The molecule has 0 aliphatic carbocycles. The molecule has 0 spiro atoms. The average Bonchev–Trinajstić information content (AvgIpc) is 3.08. The second kappa shape index (κ2) is 11.3. The van der Waals surface area contributed by atoms with Crippen LogP contribution in [0.1, 0.15) is 79.4 Å². The molecule has 0 saturated carbocycles. The smallest absolute Gasteiger partial charge is 0.357 e. The maximum absolute atomic E-state index is 12.7. The molecule has 2 aromatic rings. The van der Waals surface area contributed by atoms with Crippen LogP contribution >= 0.6 is 0 Å². The molecule has 0 fully saturated rings. The van der Waals surface area contributed by atoms with E-state index in [9.17, 15) is 9.59 Å². The molecule has 2 rings (SSSR count). The topological polar surface area (TPSA) is 70.4 Å². The molecule has 0 atom stereocenters. The van der Waals surface area contributed by atoms with Crippen molar-refractivity contribution in [3.05, 3.63) is 47.3 Å². The zero-order valence-corrected chi connectivity index (χ0v) is 17.1. The number of para-hydroxylation sites is 1. The summed E-state index contributed by atoms with van der Waals surface area (Å²) in [6.45, 7) is 6.10. The Kier molecular flexibility index (Phi) is 8.72. The predicted octanol–water partition coefficient (Wildman–Crippen LogP) is 4.74. The van der Waals surface area contributed by atoms with Crippen LogP contribution in [0.5, 0.6) is 0 Å². The van der Waals surface area contributed by atoms with Gasteiger partial charge in [-0.15, -0.1) is 0 Å². The maximum atomic E-state index is 12.7. The van der Waals surface area contributed by atoms with Crippen LogP contribution < -0.4 is 0 Å². The Hall–Kier alpha value is -2.63. The fourth-order valence-electron chi connectivity index (χ4n) is 3.10. The molecule has 0 N–H and O–H groups in total. The Morgan fingerprint density at radius 3 is 2.18 bits per heavy atom. The first kappa shape index (κ1) is 21.7. The fourth-order valence-corrected chi connectivity index (χ4v) is 3.10. The second-order valence-corrected chi connectivity index (χ2v) is 6.52. The summed E-state index contributed by atoms with van der Waals surface area (Å²) < 4.78 is 12.0. The zero-order valence-electron chi connectivity index (χ0n) is 17.1. The summed E-state index contributed by atoms with van der Waals surface area (Å²) in [5, 5.41) is 4.62. The Labute approximate surface area is 166 Å². The van der Waals surface area contributed by atoms with Gasteiger partial charge < -0.3 is 9.47 Å². The van der Waals surface area contributed by atoms with Crippen molar-refractivity contribution >= 4 is 11.9 Å². The molecule has 28 heavy (non-hydrogen) atoms. The number of rotatable bonds is 11. The Morgan fingerprint density at radius 2 is 1.54 bits per heavy atom. The molecule has 0 radical (unpaired) electrons. The monoisotopic (exact) mass is 386 g/mol. The first-order valence-corrected chi connectivity index (χ1v) is 10.2. The highest BCUT2D eigenvalue weighted by Crippen LogP contribution is 2.23. The highest BCUT2D eigenvalue weighted by Gasteiger charge is 2.30. The first-order valence-electron chi connectivity index (χ1n) is 10.2. The van der Waals surface area contributed by atoms with E-state index < -0.39 is 11.9 Å². The molecule has 1 aromatic heterocycles. The van der Waals surface area contributed by atoms with Gasteiger partial charge in [-0.1, -0.05) is 50.8 Å². The van der Waals surface area contributed by atoms with Crippen LogP contribution in [0.2, 0.25) is 0 Å². The van der Waals surface area contributed by atoms with E-state index in [1.54, 1.807) is 13.8 Å². The summed E-state index contributed by atoms with van der Waals surface area (Å²) in [7, 11) is 0. The minimum absolute atomic E-state index is 0.134. The van der Waals surface area contributed by atoms with Gasteiger partial charge >= 0.3 is 11.9 Å². The molecule has 1 heterocycles. The molecule has 152 valence electrons. The van der Waals surface area contributed by atoms with E-state index in [0.29, 0.717) is 17.8 Å². The summed E-state index contributed by atoms with van der Waals surface area (Å²) in [5.74, 6) is -1.10. The molecule has 6 heteroatoms. The molecule has 1 aromatic carbocycles. The number of hydrogen-bond acceptors (Lipinski definition) is 5. The third kappa shape index (κ3) is 5.44. The second-order valence-electron chi connectivity index (χ2n) is 6.52. The van der Waals surface area contributed by atoms with E-state index >= 15 is 0 Å². The van der Waals surface area contributed by atoms with Crippen LogP contribution in [0.4, 0.5) is 0 Å². The van der Waals surface area contributed by atoms with Gasteiger partial charge in [-0.05, 0) is 38.8 Å². The Bertz CT molecular complexity index is 768. The fraction of sp³-hybridized carbons (Fsp3) is 0.500. The lowest BCUT2D eigenvalue weighted by molar-refractivity contribution is 0.0472. The van der Waals surface area contributed by atoms with Crippen LogP contribution in [0.25, 0.3) is 5.69 Å². The number of carbonyl (C=O) groups excluding carboxylic acids is 2. The molecular weight excluding hydrogens is 356 g/mol. The highest BCUT2D eigenvalue weighted by molar-refractivity contribution is 6.03. The normalized spacial score (nSPS) is 10.7. The quantitative estimate of drug-likeness (QED) is 0.412. The lowest BCUT2D eigenvalue weighted by atomic mass is 10.1. The van der Waals surface area contributed by atoms with Crippen molar-refractivity contribution in [2.75, 3.05) is 13.2 Å². The van der Waals surface area contributed by atoms with E-state index in [4.69, 9.17) is 9.47 Å².